The number of ether oxygens (including phenoxy) is 1. The normalized spacial score (nSPS) is 10.2. The van der Waals surface area contributed by atoms with Crippen molar-refractivity contribution in [1.29, 1.82) is 0 Å². The molecule has 2 rings (SSSR count). The topological polar surface area (TPSA) is 38.3 Å². The molecule has 1 N–H and O–H groups in total. The van der Waals surface area contributed by atoms with E-state index >= 15 is 0 Å². The molecule has 0 bridgehead atoms. The van der Waals surface area contributed by atoms with E-state index in [2.05, 4.69) is 5.32 Å². The molecule has 0 saturated carbocycles. The Morgan fingerprint density at radius 3 is 2.55 bits per heavy atom. The van der Waals surface area contributed by atoms with Gasteiger partial charge < -0.3 is 10.1 Å². The van der Waals surface area contributed by atoms with E-state index in [9.17, 15) is 9.18 Å². The highest BCUT2D eigenvalue weighted by atomic mass is 35.5. The average Bonchev–Trinajstić information content (AvgIpc) is 2.43. The fourth-order valence-electron chi connectivity index (χ4n) is 1.71. The van der Waals surface area contributed by atoms with E-state index < -0.39 is 5.82 Å². The first kappa shape index (κ1) is 14.3. The highest BCUT2D eigenvalue weighted by molar-refractivity contribution is 6.33. The molecule has 0 aliphatic carbocycles. The molecule has 104 valence electrons. The zero-order valence-electron chi connectivity index (χ0n) is 10.8. The Morgan fingerprint density at radius 1 is 1.25 bits per heavy atom. The van der Waals surface area contributed by atoms with Gasteiger partial charge in [0.2, 0.25) is 5.91 Å². The van der Waals surface area contributed by atoms with Gasteiger partial charge in [0.05, 0.1) is 24.2 Å². The van der Waals surface area contributed by atoms with Crippen LogP contribution in [0.3, 0.4) is 0 Å². The molecule has 2 aromatic carbocycles. The number of methoxy groups -OCH3 is 1. The standard InChI is InChI=1S/C15H13ClFNO2/c1-20-12-5-2-10(3-6-12)8-15(19)18-14-7-4-11(17)9-13(14)16/h2-7,9H,8H2,1H3,(H,18,19). The molecule has 0 radical (unpaired) electrons. The van der Waals surface area contributed by atoms with Gasteiger partial charge in [-0.15, -0.1) is 0 Å². The molecule has 0 aliphatic rings. The van der Waals surface area contributed by atoms with Crippen molar-refractivity contribution in [2.24, 2.45) is 0 Å². The molecule has 0 fully saturated rings. The van der Waals surface area contributed by atoms with Crippen LogP contribution in [-0.4, -0.2) is 13.0 Å². The van der Waals surface area contributed by atoms with Crippen molar-refractivity contribution in [1.82, 2.24) is 0 Å². The first-order valence-corrected chi connectivity index (χ1v) is 6.34. The molecule has 0 saturated heterocycles. The van der Waals surface area contributed by atoms with E-state index in [1.54, 1.807) is 19.2 Å². The summed E-state index contributed by atoms with van der Waals surface area (Å²) < 4.78 is 17.9. The summed E-state index contributed by atoms with van der Waals surface area (Å²) in [5.74, 6) is 0.0718. The van der Waals surface area contributed by atoms with E-state index in [0.717, 1.165) is 17.4 Å². The van der Waals surface area contributed by atoms with Crippen molar-refractivity contribution >= 4 is 23.2 Å². The lowest BCUT2D eigenvalue weighted by Gasteiger charge is -2.07. The van der Waals surface area contributed by atoms with Gasteiger partial charge in [0.1, 0.15) is 11.6 Å². The molecule has 1 amide bonds. The molecule has 5 heteroatoms. The molecule has 0 aliphatic heterocycles. The van der Waals surface area contributed by atoms with E-state index in [4.69, 9.17) is 16.3 Å². The third-order valence-corrected chi connectivity index (χ3v) is 3.04. The minimum Gasteiger partial charge on any atom is -0.497 e. The lowest BCUT2D eigenvalue weighted by Crippen LogP contribution is -2.14. The van der Waals surface area contributed by atoms with Crippen LogP contribution in [0.2, 0.25) is 5.02 Å². The molecule has 2 aromatic rings. The predicted octanol–water partition coefficient (Wildman–Crippen LogP) is 3.67. The second kappa shape index (κ2) is 6.39. The second-order valence-corrected chi connectivity index (χ2v) is 4.60. The number of hydrogen-bond acceptors (Lipinski definition) is 2. The van der Waals surface area contributed by atoms with Gasteiger partial charge in [0, 0.05) is 0 Å². The van der Waals surface area contributed by atoms with Crippen molar-refractivity contribution in [2.45, 2.75) is 6.42 Å². The van der Waals surface area contributed by atoms with Gasteiger partial charge in [0.15, 0.2) is 0 Å². The molecule has 3 nitrogen and oxygen atoms in total. The maximum Gasteiger partial charge on any atom is 0.228 e. The highest BCUT2D eigenvalue weighted by Gasteiger charge is 2.08. The molecule has 0 atom stereocenters. The Labute approximate surface area is 121 Å². The number of halogens is 2. The van der Waals surface area contributed by atoms with Crippen LogP contribution >= 0.6 is 11.6 Å². The molecule has 0 heterocycles. The molecule has 0 unspecified atom stereocenters. The van der Waals surface area contributed by atoms with Gasteiger partial charge in [0.25, 0.3) is 0 Å². The quantitative estimate of drug-likeness (QED) is 0.934. The first-order chi connectivity index (χ1) is 9.58. The first-order valence-electron chi connectivity index (χ1n) is 5.96. The fraction of sp³-hybridized carbons (Fsp3) is 0.133. The maximum absolute atomic E-state index is 12.9. The molecule has 0 aromatic heterocycles. The molecular formula is C15H13ClFNO2. The second-order valence-electron chi connectivity index (χ2n) is 4.20. The summed E-state index contributed by atoms with van der Waals surface area (Å²) in [5.41, 5.74) is 1.24. The zero-order valence-corrected chi connectivity index (χ0v) is 11.6. The monoisotopic (exact) mass is 293 g/mol. The van der Waals surface area contributed by atoms with E-state index in [0.29, 0.717) is 5.69 Å². The summed E-state index contributed by atoms with van der Waals surface area (Å²) in [6.45, 7) is 0. The minimum absolute atomic E-state index is 0.174. The Hall–Kier alpha value is -2.07. The Morgan fingerprint density at radius 2 is 1.95 bits per heavy atom. The summed E-state index contributed by atoms with van der Waals surface area (Å²) in [6, 6.07) is 11.0. The summed E-state index contributed by atoms with van der Waals surface area (Å²) in [7, 11) is 1.58. The van der Waals surface area contributed by atoms with E-state index in [-0.39, 0.29) is 17.4 Å². The smallest absolute Gasteiger partial charge is 0.228 e. The summed E-state index contributed by atoms with van der Waals surface area (Å²) in [5, 5.41) is 2.82. The maximum atomic E-state index is 12.9. The third-order valence-electron chi connectivity index (χ3n) is 2.73. The third kappa shape index (κ3) is 3.71. The lowest BCUT2D eigenvalue weighted by molar-refractivity contribution is -0.115. The van der Waals surface area contributed by atoms with Crippen molar-refractivity contribution in [2.75, 3.05) is 12.4 Å². The molecule has 20 heavy (non-hydrogen) atoms. The van der Waals surface area contributed by atoms with Crippen LogP contribution in [0.4, 0.5) is 10.1 Å². The Balaban J connectivity index is 2.01. The van der Waals surface area contributed by atoms with E-state index in [1.807, 2.05) is 12.1 Å². The fourth-order valence-corrected chi connectivity index (χ4v) is 1.93. The lowest BCUT2D eigenvalue weighted by atomic mass is 10.1. The molecule has 0 spiro atoms. The van der Waals surface area contributed by atoms with Crippen LogP contribution in [-0.2, 0) is 11.2 Å². The predicted molar refractivity (Wildman–Crippen MR) is 76.7 cm³/mol. The summed E-state index contributed by atoms with van der Waals surface area (Å²) in [4.78, 5) is 11.9. The SMILES string of the molecule is COc1ccc(CC(=O)Nc2ccc(F)cc2Cl)cc1. The van der Waals surface area contributed by atoms with Crippen LogP contribution in [0.5, 0.6) is 5.75 Å². The summed E-state index contributed by atoms with van der Waals surface area (Å²) >= 11 is 5.84. The van der Waals surface area contributed by atoms with Gasteiger partial charge >= 0.3 is 0 Å². The minimum atomic E-state index is -0.442. The number of benzene rings is 2. The van der Waals surface area contributed by atoms with Crippen LogP contribution in [0.1, 0.15) is 5.56 Å². The van der Waals surface area contributed by atoms with Crippen molar-refractivity contribution in [3.8, 4) is 5.75 Å². The number of hydrogen-bond donors (Lipinski definition) is 1. The Bertz CT molecular complexity index is 614. The number of amides is 1. The largest absolute Gasteiger partial charge is 0.497 e. The van der Waals surface area contributed by atoms with Crippen LogP contribution in [0.25, 0.3) is 0 Å². The zero-order chi connectivity index (χ0) is 14.5. The highest BCUT2D eigenvalue weighted by Crippen LogP contribution is 2.22. The van der Waals surface area contributed by atoms with Crippen LogP contribution in [0, 0.1) is 5.82 Å². The van der Waals surface area contributed by atoms with E-state index in [1.165, 1.54) is 12.1 Å². The average molecular weight is 294 g/mol. The van der Waals surface area contributed by atoms with Crippen LogP contribution < -0.4 is 10.1 Å². The van der Waals surface area contributed by atoms with Gasteiger partial charge in [-0.2, -0.15) is 0 Å². The van der Waals surface area contributed by atoms with Gasteiger partial charge in [-0.05, 0) is 35.9 Å². The van der Waals surface area contributed by atoms with Gasteiger partial charge in [-0.1, -0.05) is 23.7 Å². The van der Waals surface area contributed by atoms with Crippen molar-refractivity contribution < 1.29 is 13.9 Å². The summed E-state index contributed by atoms with van der Waals surface area (Å²) in [6.07, 6.45) is 0.206. The van der Waals surface area contributed by atoms with Gasteiger partial charge in [-0.25, -0.2) is 4.39 Å². The number of carbonyl (C=O) groups excluding carboxylic acids is 1. The number of anilines is 1. The number of carbonyl (C=O) groups is 1. The number of rotatable bonds is 4. The molecular weight excluding hydrogens is 281 g/mol. The van der Waals surface area contributed by atoms with Crippen LogP contribution in [0.15, 0.2) is 42.5 Å². The van der Waals surface area contributed by atoms with Gasteiger partial charge in [-0.3, -0.25) is 4.79 Å². The Kier molecular flexibility index (Phi) is 4.58. The van der Waals surface area contributed by atoms with Crippen molar-refractivity contribution in [3.05, 3.63) is 58.9 Å². The van der Waals surface area contributed by atoms with Crippen molar-refractivity contribution in [3.63, 3.8) is 0 Å². The number of nitrogens with one attached hydrogen (secondary N) is 1.